The van der Waals surface area contributed by atoms with Gasteiger partial charge in [0.2, 0.25) is 0 Å². The highest BCUT2D eigenvalue weighted by atomic mass is 16.2. The fourth-order valence-corrected chi connectivity index (χ4v) is 3.75. The lowest BCUT2D eigenvalue weighted by Crippen LogP contribution is -2.43. The van der Waals surface area contributed by atoms with Crippen LogP contribution in [-0.4, -0.2) is 45.1 Å². The van der Waals surface area contributed by atoms with E-state index in [1.54, 1.807) is 4.57 Å². The van der Waals surface area contributed by atoms with E-state index in [1.807, 2.05) is 29.2 Å². The van der Waals surface area contributed by atoms with Crippen molar-refractivity contribution in [1.82, 2.24) is 24.8 Å². The van der Waals surface area contributed by atoms with Crippen molar-refractivity contribution in [1.29, 1.82) is 0 Å². The van der Waals surface area contributed by atoms with Crippen molar-refractivity contribution in [3.8, 4) is 0 Å². The molecule has 1 aromatic carbocycles. The summed E-state index contributed by atoms with van der Waals surface area (Å²) in [7, 11) is 0. The minimum Gasteiger partial charge on any atom is -0.382 e. The molecular formula is C19H24N6O2. The third-order valence-electron chi connectivity index (χ3n) is 5.12. The van der Waals surface area contributed by atoms with Crippen LogP contribution in [0.15, 0.2) is 29.1 Å². The van der Waals surface area contributed by atoms with Crippen molar-refractivity contribution in [3.63, 3.8) is 0 Å². The molecule has 0 bridgehead atoms. The molecule has 8 heteroatoms. The number of carbonyl (C=O) groups is 1. The molecule has 8 nitrogen and oxygen atoms in total. The minimum absolute atomic E-state index is 0.0140. The van der Waals surface area contributed by atoms with Gasteiger partial charge >= 0.3 is 11.7 Å². The number of H-pyrrole nitrogens is 1. The van der Waals surface area contributed by atoms with Crippen molar-refractivity contribution >= 4 is 33.8 Å². The molecule has 142 valence electrons. The Morgan fingerprint density at radius 3 is 2.81 bits per heavy atom. The topological polar surface area (TPSA) is 109 Å². The molecule has 1 aliphatic heterocycles. The predicted molar refractivity (Wildman–Crippen MR) is 106 cm³/mol. The summed E-state index contributed by atoms with van der Waals surface area (Å²) < 4.78 is 1.68. The number of rotatable bonds is 4. The maximum Gasteiger partial charge on any atom is 0.326 e. The maximum atomic E-state index is 12.4. The molecule has 0 aliphatic carbocycles. The predicted octanol–water partition coefficient (Wildman–Crippen LogP) is 2.05. The highest BCUT2D eigenvalue weighted by Crippen LogP contribution is 2.25. The zero-order chi connectivity index (χ0) is 18.8. The first kappa shape index (κ1) is 17.4. The molecule has 1 saturated heterocycles. The lowest BCUT2D eigenvalue weighted by atomic mass is 10.1. The first-order valence-electron chi connectivity index (χ1n) is 9.44. The number of carbonyl (C=O) groups excluding carboxylic acids is 1. The van der Waals surface area contributed by atoms with Gasteiger partial charge in [-0.15, -0.1) is 0 Å². The van der Waals surface area contributed by atoms with Gasteiger partial charge in [-0.2, -0.15) is 0 Å². The first-order chi connectivity index (χ1) is 13.1. The zero-order valence-electron chi connectivity index (χ0n) is 15.2. The van der Waals surface area contributed by atoms with Gasteiger partial charge < -0.3 is 20.9 Å². The van der Waals surface area contributed by atoms with Gasteiger partial charge in [-0.25, -0.2) is 14.6 Å². The van der Waals surface area contributed by atoms with Crippen molar-refractivity contribution in [3.05, 3.63) is 34.7 Å². The Labute approximate surface area is 156 Å². The van der Waals surface area contributed by atoms with Crippen molar-refractivity contribution < 1.29 is 4.79 Å². The van der Waals surface area contributed by atoms with Crippen molar-refractivity contribution in [2.24, 2.45) is 0 Å². The molecular weight excluding hydrogens is 344 g/mol. The number of aromatic amines is 1. The lowest BCUT2D eigenvalue weighted by Gasteiger charge is -2.26. The number of hydrogen-bond acceptors (Lipinski definition) is 4. The number of amides is 2. The van der Waals surface area contributed by atoms with Crippen LogP contribution < -0.4 is 16.7 Å². The average Bonchev–Trinajstić information content (AvgIpc) is 3.03. The summed E-state index contributed by atoms with van der Waals surface area (Å²) in [5, 5.41) is 3.84. The zero-order valence-corrected chi connectivity index (χ0v) is 15.2. The van der Waals surface area contributed by atoms with Gasteiger partial charge in [-0.3, -0.25) is 4.57 Å². The number of fused-ring (bicyclic) bond motifs is 3. The minimum atomic E-state index is -0.211. The number of likely N-dealkylation sites (tertiary alicyclic amines) is 1. The number of nitrogen functional groups attached to an aromatic ring is 1. The van der Waals surface area contributed by atoms with E-state index in [1.165, 1.54) is 6.42 Å². The molecule has 4 rings (SSSR count). The van der Waals surface area contributed by atoms with Gasteiger partial charge in [0.15, 0.2) is 0 Å². The van der Waals surface area contributed by atoms with Crippen LogP contribution in [-0.2, 0) is 6.54 Å². The maximum absolute atomic E-state index is 12.4. The second-order valence-corrected chi connectivity index (χ2v) is 6.95. The lowest BCUT2D eigenvalue weighted by molar-refractivity contribution is 0.186. The van der Waals surface area contributed by atoms with Crippen molar-refractivity contribution in [2.75, 3.05) is 25.4 Å². The van der Waals surface area contributed by atoms with Gasteiger partial charge in [0.25, 0.3) is 0 Å². The standard InChI is InChI=1S/C19H24N6O2/c20-17-15-16(13-7-2-3-8-14(13)22-17)25(19(27)23-15)12-6-9-21-18(26)24-10-4-1-5-11-24/h2-3,7-8H,1,4-6,9-12H2,(H2,20,22)(H,21,26)(H,23,27). The summed E-state index contributed by atoms with van der Waals surface area (Å²) in [6.45, 7) is 2.66. The van der Waals surface area contributed by atoms with Crippen molar-refractivity contribution in [2.45, 2.75) is 32.2 Å². The number of anilines is 1. The molecule has 1 aliphatic rings. The quantitative estimate of drug-likeness (QED) is 0.612. The van der Waals surface area contributed by atoms with E-state index in [4.69, 9.17) is 5.73 Å². The molecule has 2 amide bonds. The summed E-state index contributed by atoms with van der Waals surface area (Å²) in [5.41, 5.74) is 7.91. The number of urea groups is 1. The van der Waals surface area contributed by atoms with E-state index in [2.05, 4.69) is 15.3 Å². The van der Waals surface area contributed by atoms with Crippen LogP contribution >= 0.6 is 0 Å². The average molecular weight is 368 g/mol. The number of hydrogen-bond donors (Lipinski definition) is 3. The number of aromatic nitrogens is 3. The molecule has 3 aromatic rings. The Hall–Kier alpha value is -3.03. The van der Waals surface area contributed by atoms with E-state index in [-0.39, 0.29) is 11.7 Å². The van der Waals surface area contributed by atoms with Crippen LogP contribution in [0.25, 0.3) is 21.9 Å². The van der Waals surface area contributed by atoms with Crippen LogP contribution in [0, 0.1) is 0 Å². The van der Waals surface area contributed by atoms with Crippen LogP contribution in [0.5, 0.6) is 0 Å². The van der Waals surface area contributed by atoms with E-state index < -0.39 is 0 Å². The summed E-state index contributed by atoms with van der Waals surface area (Å²) in [4.78, 5) is 33.6. The van der Waals surface area contributed by atoms with Crippen LogP contribution in [0.1, 0.15) is 25.7 Å². The second-order valence-electron chi connectivity index (χ2n) is 6.95. The third kappa shape index (κ3) is 3.34. The molecule has 3 heterocycles. The Kier molecular flexibility index (Phi) is 4.70. The first-order valence-corrected chi connectivity index (χ1v) is 9.44. The third-order valence-corrected chi connectivity index (χ3v) is 5.12. The normalized spacial score (nSPS) is 14.7. The van der Waals surface area contributed by atoms with Gasteiger partial charge in [-0.05, 0) is 31.7 Å². The van der Waals surface area contributed by atoms with E-state index in [9.17, 15) is 9.59 Å². The molecule has 0 unspecified atom stereocenters. The van der Waals surface area contributed by atoms with E-state index >= 15 is 0 Å². The van der Waals surface area contributed by atoms with Crippen LogP contribution in [0.4, 0.5) is 10.6 Å². The smallest absolute Gasteiger partial charge is 0.326 e. The van der Waals surface area contributed by atoms with E-state index in [0.29, 0.717) is 30.8 Å². The highest BCUT2D eigenvalue weighted by molar-refractivity contribution is 6.06. The summed E-state index contributed by atoms with van der Waals surface area (Å²) >= 11 is 0. The Bertz CT molecular complexity index is 1030. The fraction of sp³-hybridized carbons (Fsp3) is 0.421. The molecule has 0 radical (unpaired) electrons. The van der Waals surface area contributed by atoms with Gasteiger partial charge in [0, 0.05) is 31.6 Å². The number of nitrogens with two attached hydrogens (primary N) is 1. The number of piperidine rings is 1. The molecule has 1 fully saturated rings. The second kappa shape index (κ2) is 7.30. The Morgan fingerprint density at radius 2 is 2.00 bits per heavy atom. The monoisotopic (exact) mass is 368 g/mol. The number of nitrogens with one attached hydrogen (secondary N) is 2. The molecule has 0 saturated carbocycles. The molecule has 4 N–H and O–H groups in total. The molecule has 27 heavy (non-hydrogen) atoms. The number of benzene rings is 1. The molecule has 2 aromatic heterocycles. The summed E-state index contributed by atoms with van der Waals surface area (Å²) in [6.07, 6.45) is 3.99. The number of aryl methyl sites for hydroxylation is 1. The molecule has 0 spiro atoms. The number of para-hydroxylation sites is 1. The van der Waals surface area contributed by atoms with Gasteiger partial charge in [0.05, 0.1) is 11.0 Å². The number of pyridine rings is 1. The largest absolute Gasteiger partial charge is 0.382 e. The van der Waals surface area contributed by atoms with Crippen LogP contribution in [0.2, 0.25) is 0 Å². The number of imidazole rings is 1. The SMILES string of the molecule is Nc1nc2ccccc2c2c1[nH]c(=O)n2CCCNC(=O)N1CCCCC1. The Balaban J connectivity index is 1.50. The summed E-state index contributed by atoms with van der Waals surface area (Å²) in [5.74, 6) is 0.318. The van der Waals surface area contributed by atoms with Gasteiger partial charge in [-0.1, -0.05) is 18.2 Å². The number of nitrogens with zero attached hydrogens (tertiary/aromatic N) is 3. The van der Waals surface area contributed by atoms with Crippen LogP contribution in [0.3, 0.4) is 0 Å². The van der Waals surface area contributed by atoms with E-state index in [0.717, 1.165) is 42.4 Å². The highest BCUT2D eigenvalue weighted by Gasteiger charge is 2.16. The Morgan fingerprint density at radius 1 is 1.22 bits per heavy atom. The summed E-state index contributed by atoms with van der Waals surface area (Å²) in [6, 6.07) is 7.61. The van der Waals surface area contributed by atoms with Gasteiger partial charge in [0.1, 0.15) is 11.3 Å². The molecule has 0 atom stereocenters. The fourth-order valence-electron chi connectivity index (χ4n) is 3.75.